The molecule has 9 atom stereocenters. The van der Waals surface area contributed by atoms with Crippen LogP contribution in [0, 0.1) is 23.7 Å². The van der Waals surface area contributed by atoms with Crippen molar-refractivity contribution in [1.29, 1.82) is 0 Å². The molecule has 2 aliphatic heterocycles. The summed E-state index contributed by atoms with van der Waals surface area (Å²) < 4.78 is 12.3. The highest BCUT2D eigenvalue weighted by atomic mass is 16.6. The minimum absolute atomic E-state index is 0.0316. The van der Waals surface area contributed by atoms with Gasteiger partial charge in [-0.15, -0.1) is 0 Å². The van der Waals surface area contributed by atoms with Crippen LogP contribution in [-0.2, 0) is 14.3 Å². The van der Waals surface area contributed by atoms with E-state index in [1.807, 2.05) is 6.92 Å². The summed E-state index contributed by atoms with van der Waals surface area (Å²) in [7, 11) is 0. The molecular weight excluding hydrogens is 360 g/mol. The fraction of sp³-hybridized carbons (Fsp3) is 0.955. The van der Waals surface area contributed by atoms with E-state index in [0.29, 0.717) is 24.7 Å². The molecule has 28 heavy (non-hydrogen) atoms. The Hall–Kier alpha value is -0.690. The van der Waals surface area contributed by atoms with Gasteiger partial charge in [0.05, 0.1) is 29.5 Å². The topological polar surface area (TPSA) is 96.2 Å². The molecule has 162 valence electrons. The van der Waals surface area contributed by atoms with Gasteiger partial charge in [-0.05, 0) is 58.3 Å². The van der Waals surface area contributed by atoms with Crippen LogP contribution in [0.5, 0.6) is 0 Å². The first-order chi connectivity index (χ1) is 12.8. The maximum absolute atomic E-state index is 11.9. The summed E-state index contributed by atoms with van der Waals surface area (Å²) >= 11 is 0. The van der Waals surface area contributed by atoms with Gasteiger partial charge >= 0.3 is 5.97 Å². The maximum atomic E-state index is 11.9. The monoisotopic (exact) mass is 398 g/mol. The summed E-state index contributed by atoms with van der Waals surface area (Å²) in [6, 6.07) is 0. The molecule has 0 amide bonds. The Kier molecular flexibility index (Phi) is 5.68. The molecule has 0 aromatic heterocycles. The average molecular weight is 399 g/mol. The Morgan fingerprint density at radius 3 is 2.32 bits per heavy atom. The molecule has 0 spiro atoms. The van der Waals surface area contributed by atoms with E-state index < -0.39 is 35.1 Å². The molecule has 2 saturated heterocycles. The van der Waals surface area contributed by atoms with E-state index in [1.165, 1.54) is 6.92 Å². The molecule has 0 aromatic rings. The number of fused-ring (bicyclic) bond motifs is 5. The van der Waals surface area contributed by atoms with E-state index >= 15 is 0 Å². The third-order valence-electron chi connectivity index (χ3n) is 7.76. The Morgan fingerprint density at radius 2 is 1.75 bits per heavy atom. The van der Waals surface area contributed by atoms with Crippen LogP contribution in [-0.4, -0.2) is 56.4 Å². The number of aliphatic hydroxyl groups excluding tert-OH is 1. The summed E-state index contributed by atoms with van der Waals surface area (Å²) in [5.74, 6) is 0.320. The molecule has 3 fully saturated rings. The second-order valence-electron chi connectivity index (χ2n) is 10.5. The van der Waals surface area contributed by atoms with Gasteiger partial charge in [0, 0.05) is 25.2 Å². The largest absolute Gasteiger partial charge is 0.459 e. The summed E-state index contributed by atoms with van der Waals surface area (Å²) in [5, 5.41) is 32.8. The maximum Gasteiger partial charge on any atom is 0.303 e. The molecule has 0 unspecified atom stereocenters. The van der Waals surface area contributed by atoms with E-state index in [-0.39, 0.29) is 24.2 Å². The van der Waals surface area contributed by atoms with Crippen molar-refractivity contribution in [2.24, 2.45) is 23.7 Å². The molecule has 2 heterocycles. The highest BCUT2D eigenvalue weighted by Gasteiger charge is 2.64. The summed E-state index contributed by atoms with van der Waals surface area (Å²) in [4.78, 5) is 11.9. The van der Waals surface area contributed by atoms with Crippen LogP contribution in [0.15, 0.2) is 0 Å². The number of esters is 1. The number of aliphatic hydroxyl groups is 3. The smallest absolute Gasteiger partial charge is 0.303 e. The Bertz CT molecular complexity index is 600. The molecule has 2 bridgehead atoms. The summed E-state index contributed by atoms with van der Waals surface area (Å²) in [5.41, 5.74) is -3.16. The van der Waals surface area contributed by atoms with E-state index in [9.17, 15) is 20.1 Å². The van der Waals surface area contributed by atoms with E-state index in [0.717, 1.165) is 12.8 Å². The highest BCUT2D eigenvalue weighted by Crippen LogP contribution is 2.57. The second kappa shape index (κ2) is 7.22. The van der Waals surface area contributed by atoms with Crippen molar-refractivity contribution >= 4 is 5.97 Å². The van der Waals surface area contributed by atoms with Crippen molar-refractivity contribution in [3.8, 4) is 0 Å². The fourth-order valence-electron chi connectivity index (χ4n) is 6.29. The lowest BCUT2D eigenvalue weighted by Gasteiger charge is -2.50. The van der Waals surface area contributed by atoms with Crippen molar-refractivity contribution < 1.29 is 29.6 Å². The lowest BCUT2D eigenvalue weighted by atomic mass is 9.57. The van der Waals surface area contributed by atoms with Crippen molar-refractivity contribution in [3.05, 3.63) is 0 Å². The summed E-state index contributed by atoms with van der Waals surface area (Å²) in [6.07, 6.45) is 0.813. The number of carbonyl (C=O) groups is 1. The van der Waals surface area contributed by atoms with Crippen molar-refractivity contribution in [1.82, 2.24) is 0 Å². The van der Waals surface area contributed by atoms with Crippen LogP contribution >= 0.6 is 0 Å². The van der Waals surface area contributed by atoms with Gasteiger partial charge in [-0.3, -0.25) is 4.79 Å². The van der Waals surface area contributed by atoms with Gasteiger partial charge in [0.1, 0.15) is 5.60 Å². The molecule has 3 aliphatic rings. The third kappa shape index (κ3) is 3.73. The molecular formula is C22H38O6. The van der Waals surface area contributed by atoms with Crippen LogP contribution in [0.4, 0.5) is 0 Å². The van der Waals surface area contributed by atoms with Gasteiger partial charge in [0.15, 0.2) is 0 Å². The summed E-state index contributed by atoms with van der Waals surface area (Å²) in [6.45, 7) is 11.2. The van der Waals surface area contributed by atoms with Crippen molar-refractivity contribution in [2.45, 2.75) is 109 Å². The van der Waals surface area contributed by atoms with Gasteiger partial charge in [0.2, 0.25) is 0 Å². The van der Waals surface area contributed by atoms with E-state index in [1.54, 1.807) is 13.8 Å². The molecule has 3 rings (SSSR count). The number of hydrogen-bond acceptors (Lipinski definition) is 6. The van der Waals surface area contributed by atoms with Crippen LogP contribution in [0.1, 0.15) is 73.6 Å². The quantitative estimate of drug-likeness (QED) is 0.618. The minimum atomic E-state index is -1.33. The lowest BCUT2D eigenvalue weighted by molar-refractivity contribution is -0.177. The zero-order valence-corrected chi connectivity index (χ0v) is 18.1. The molecule has 6 heteroatoms. The van der Waals surface area contributed by atoms with Gasteiger partial charge in [0.25, 0.3) is 0 Å². The zero-order chi connectivity index (χ0) is 21.1. The van der Waals surface area contributed by atoms with Gasteiger partial charge < -0.3 is 24.8 Å². The van der Waals surface area contributed by atoms with Crippen LogP contribution in [0.3, 0.4) is 0 Å². The number of rotatable bonds is 2. The van der Waals surface area contributed by atoms with E-state index in [2.05, 4.69) is 13.8 Å². The molecule has 0 aromatic carbocycles. The predicted molar refractivity (Wildman–Crippen MR) is 104 cm³/mol. The first-order valence-electron chi connectivity index (χ1n) is 10.8. The normalized spacial score (nSPS) is 51.8. The van der Waals surface area contributed by atoms with Crippen molar-refractivity contribution in [3.63, 3.8) is 0 Å². The van der Waals surface area contributed by atoms with E-state index in [4.69, 9.17) is 9.47 Å². The van der Waals surface area contributed by atoms with Crippen LogP contribution in [0.2, 0.25) is 0 Å². The number of carbonyl (C=O) groups excluding carboxylic acids is 1. The Balaban J connectivity index is 2.09. The predicted octanol–water partition coefficient (Wildman–Crippen LogP) is 2.42. The van der Waals surface area contributed by atoms with Gasteiger partial charge in [-0.25, -0.2) is 0 Å². The van der Waals surface area contributed by atoms with Crippen LogP contribution < -0.4 is 0 Å². The van der Waals surface area contributed by atoms with Gasteiger partial charge in [-0.2, -0.15) is 0 Å². The Labute approximate surface area is 168 Å². The standard InChI is InChI=1S/C22H38O6/c1-12(2)14-7-10-22(6,28-13(3)23)18-15-11-21(5,26)16(24)8-9-20(4,25)19(27-15)17(14)18/h12,14-19,24-26H,7-11H2,1-6H3/t14-,15-,16+,17-,18-,19-,20-,21+,22-/m1/s1. The minimum Gasteiger partial charge on any atom is -0.459 e. The highest BCUT2D eigenvalue weighted by molar-refractivity contribution is 5.66. The molecule has 1 aliphatic carbocycles. The van der Waals surface area contributed by atoms with Crippen LogP contribution in [0.25, 0.3) is 0 Å². The third-order valence-corrected chi connectivity index (χ3v) is 7.76. The zero-order valence-electron chi connectivity index (χ0n) is 18.1. The first kappa shape index (κ1) is 22.0. The molecule has 1 saturated carbocycles. The SMILES string of the molecule is CC(=O)O[C@]1(C)CC[C@H](C(C)C)[C@@H]2[C@H]1[C@H]1C[C@](C)(O)[C@@H](O)CC[C@@](C)(O)[C@@H]2O1. The number of ether oxygens (including phenoxy) is 2. The molecule has 0 radical (unpaired) electrons. The fourth-order valence-corrected chi connectivity index (χ4v) is 6.29. The van der Waals surface area contributed by atoms with Crippen molar-refractivity contribution in [2.75, 3.05) is 0 Å². The molecule has 3 N–H and O–H groups in total. The average Bonchev–Trinajstić information content (AvgIpc) is 2.92. The van der Waals surface area contributed by atoms with Gasteiger partial charge in [-0.1, -0.05) is 13.8 Å². The molecule has 6 nitrogen and oxygen atoms in total. The Morgan fingerprint density at radius 1 is 1.11 bits per heavy atom. The number of hydrogen-bond donors (Lipinski definition) is 3. The first-order valence-corrected chi connectivity index (χ1v) is 10.8. The second-order valence-corrected chi connectivity index (χ2v) is 10.5. The lowest BCUT2D eigenvalue weighted by Crippen LogP contribution is -2.57.